The molecule has 2 aliphatic heterocycles. The van der Waals surface area contributed by atoms with E-state index in [1.807, 2.05) is 16.8 Å². The van der Waals surface area contributed by atoms with E-state index in [0.29, 0.717) is 11.9 Å². The molecule has 2 aliphatic rings. The average Bonchev–Trinajstić information content (AvgIpc) is 3.16. The summed E-state index contributed by atoms with van der Waals surface area (Å²) in [4.78, 5) is 13.8. The van der Waals surface area contributed by atoms with Gasteiger partial charge in [0.15, 0.2) is 11.8 Å². The first kappa shape index (κ1) is 20.1. The van der Waals surface area contributed by atoms with Crippen LogP contribution >= 0.6 is 24.0 Å². The van der Waals surface area contributed by atoms with Crippen molar-refractivity contribution in [2.24, 2.45) is 22.6 Å². The maximum Gasteiger partial charge on any atom is 0.203 e. The molecule has 1 unspecified atom stereocenters. The maximum absolute atomic E-state index is 6.25. The number of aliphatic imine (C=N–C) groups is 1. The molecule has 2 saturated heterocycles. The molecule has 2 N–H and O–H groups in total. The lowest BCUT2D eigenvalue weighted by atomic mass is 9.98. The van der Waals surface area contributed by atoms with Crippen molar-refractivity contribution in [1.29, 1.82) is 0 Å². The Labute approximate surface area is 177 Å². The molecule has 0 aliphatic carbocycles. The van der Waals surface area contributed by atoms with Gasteiger partial charge in [0.1, 0.15) is 6.33 Å². The molecule has 148 valence electrons. The van der Waals surface area contributed by atoms with E-state index in [9.17, 15) is 0 Å². The maximum atomic E-state index is 6.25. The second kappa shape index (κ2) is 9.03. The highest BCUT2D eigenvalue weighted by Crippen LogP contribution is 2.24. The lowest BCUT2D eigenvalue weighted by Gasteiger charge is -2.34. The topological polar surface area (TPSA) is 87.9 Å². The van der Waals surface area contributed by atoms with Gasteiger partial charge < -0.3 is 15.5 Å². The summed E-state index contributed by atoms with van der Waals surface area (Å²) in [7, 11) is 0. The monoisotopic (exact) mass is 484 g/mol. The molecule has 2 aromatic heterocycles. The Bertz CT molecular complexity index is 768. The minimum absolute atomic E-state index is 0. The summed E-state index contributed by atoms with van der Waals surface area (Å²) in [5.74, 6) is 2.93. The number of hydrogen-bond donors (Lipinski definition) is 1. The Hall–Kier alpha value is -1.65. The first-order chi connectivity index (χ1) is 12.7. The number of anilines is 1. The summed E-state index contributed by atoms with van der Waals surface area (Å²) in [5.41, 5.74) is 7.06. The number of rotatable bonds is 3. The van der Waals surface area contributed by atoms with E-state index in [2.05, 4.69) is 31.9 Å². The Balaban J connectivity index is 0.00000210. The molecule has 2 fully saturated rings. The third-order valence-electron chi connectivity index (χ3n) is 5.63. The Morgan fingerprint density at radius 3 is 2.89 bits per heavy atom. The van der Waals surface area contributed by atoms with Crippen molar-refractivity contribution >= 4 is 41.4 Å². The standard InChI is InChI=1S/C18H28N8.HI/c1-14-4-8-24(9-5-14)18(19)21-11-15-3-2-7-25(12-15)16-17-23-22-13-26(17)10-6-20-16;/h6,10,13-15H,2-5,7-9,11-12H2,1H3,(H2,19,21);1H. The van der Waals surface area contributed by atoms with Gasteiger partial charge in [-0.25, -0.2) is 4.98 Å². The normalized spacial score (nSPS) is 22.1. The van der Waals surface area contributed by atoms with Crippen LogP contribution < -0.4 is 10.6 Å². The number of hydrogen-bond acceptors (Lipinski definition) is 5. The van der Waals surface area contributed by atoms with Crippen LogP contribution in [-0.4, -0.2) is 63.2 Å². The molecular formula is C18H29IN8. The fourth-order valence-electron chi connectivity index (χ4n) is 3.94. The first-order valence-electron chi connectivity index (χ1n) is 9.65. The Morgan fingerprint density at radius 2 is 2.07 bits per heavy atom. The van der Waals surface area contributed by atoms with Gasteiger partial charge in [-0.1, -0.05) is 6.92 Å². The lowest BCUT2D eigenvalue weighted by Crippen LogP contribution is -2.43. The number of halogens is 1. The molecule has 0 spiro atoms. The molecule has 0 amide bonds. The number of likely N-dealkylation sites (tertiary alicyclic amines) is 1. The van der Waals surface area contributed by atoms with Gasteiger partial charge in [-0.05, 0) is 37.5 Å². The lowest BCUT2D eigenvalue weighted by molar-refractivity contribution is 0.277. The molecule has 0 aromatic carbocycles. The van der Waals surface area contributed by atoms with E-state index in [-0.39, 0.29) is 24.0 Å². The highest BCUT2D eigenvalue weighted by atomic mass is 127. The van der Waals surface area contributed by atoms with Crippen LogP contribution in [0.3, 0.4) is 0 Å². The molecule has 9 heteroatoms. The predicted octanol–water partition coefficient (Wildman–Crippen LogP) is 2.01. The fourth-order valence-corrected chi connectivity index (χ4v) is 3.94. The van der Waals surface area contributed by atoms with Gasteiger partial charge >= 0.3 is 0 Å². The molecule has 1 atom stereocenters. The van der Waals surface area contributed by atoms with Crippen LogP contribution in [0, 0.1) is 11.8 Å². The summed E-state index contributed by atoms with van der Waals surface area (Å²) >= 11 is 0. The molecular weight excluding hydrogens is 455 g/mol. The summed E-state index contributed by atoms with van der Waals surface area (Å²) in [6.45, 7) is 7.10. The first-order valence-corrected chi connectivity index (χ1v) is 9.65. The summed E-state index contributed by atoms with van der Waals surface area (Å²) < 4.78 is 1.92. The highest BCUT2D eigenvalue weighted by Gasteiger charge is 2.24. The van der Waals surface area contributed by atoms with E-state index in [1.165, 1.54) is 19.3 Å². The van der Waals surface area contributed by atoms with Gasteiger partial charge in [0, 0.05) is 45.1 Å². The van der Waals surface area contributed by atoms with Crippen molar-refractivity contribution in [2.75, 3.05) is 37.6 Å². The van der Waals surface area contributed by atoms with Gasteiger partial charge in [0.25, 0.3) is 0 Å². The molecule has 4 heterocycles. The zero-order valence-corrected chi connectivity index (χ0v) is 18.2. The van der Waals surface area contributed by atoms with Gasteiger partial charge in [-0.15, -0.1) is 34.2 Å². The SMILES string of the molecule is CC1CCN(C(N)=NCC2CCCN(c3nccn4cnnc34)C2)CC1.I. The van der Waals surface area contributed by atoms with Crippen molar-refractivity contribution in [3.8, 4) is 0 Å². The molecule has 4 rings (SSSR count). The second-order valence-electron chi connectivity index (χ2n) is 7.64. The number of nitrogens with zero attached hydrogens (tertiary/aromatic N) is 7. The molecule has 8 nitrogen and oxygen atoms in total. The number of nitrogens with two attached hydrogens (primary N) is 1. The van der Waals surface area contributed by atoms with Gasteiger partial charge in [0.05, 0.1) is 0 Å². The van der Waals surface area contributed by atoms with E-state index < -0.39 is 0 Å². The third kappa shape index (κ3) is 4.61. The van der Waals surface area contributed by atoms with Crippen LogP contribution in [-0.2, 0) is 0 Å². The number of fused-ring (bicyclic) bond motifs is 1. The van der Waals surface area contributed by atoms with Gasteiger partial charge in [-0.3, -0.25) is 9.39 Å². The van der Waals surface area contributed by atoms with Crippen LogP contribution in [0.4, 0.5) is 5.82 Å². The third-order valence-corrected chi connectivity index (χ3v) is 5.63. The van der Waals surface area contributed by atoms with Crippen molar-refractivity contribution in [3.05, 3.63) is 18.7 Å². The molecule has 27 heavy (non-hydrogen) atoms. The van der Waals surface area contributed by atoms with E-state index >= 15 is 0 Å². The highest BCUT2D eigenvalue weighted by molar-refractivity contribution is 14.0. The molecule has 2 aromatic rings. The van der Waals surface area contributed by atoms with Crippen LogP contribution in [0.5, 0.6) is 0 Å². The Kier molecular flexibility index (Phi) is 6.72. The van der Waals surface area contributed by atoms with E-state index in [0.717, 1.165) is 56.5 Å². The smallest absolute Gasteiger partial charge is 0.203 e. The number of guanidine groups is 1. The predicted molar refractivity (Wildman–Crippen MR) is 118 cm³/mol. The molecule has 0 saturated carbocycles. The molecule has 0 bridgehead atoms. The van der Waals surface area contributed by atoms with Crippen LogP contribution in [0.2, 0.25) is 0 Å². The number of aromatic nitrogens is 4. The summed E-state index contributed by atoms with van der Waals surface area (Å²) in [6, 6.07) is 0. The van der Waals surface area contributed by atoms with Gasteiger partial charge in [0.2, 0.25) is 5.65 Å². The van der Waals surface area contributed by atoms with Crippen molar-refractivity contribution in [2.45, 2.75) is 32.6 Å². The average molecular weight is 484 g/mol. The van der Waals surface area contributed by atoms with Crippen molar-refractivity contribution in [1.82, 2.24) is 24.5 Å². The fraction of sp³-hybridized carbons (Fsp3) is 0.667. The number of piperidine rings is 2. The zero-order valence-electron chi connectivity index (χ0n) is 15.9. The largest absolute Gasteiger partial charge is 0.370 e. The summed E-state index contributed by atoms with van der Waals surface area (Å²) in [6.07, 6.45) is 10.1. The van der Waals surface area contributed by atoms with Crippen molar-refractivity contribution < 1.29 is 0 Å². The summed E-state index contributed by atoms with van der Waals surface area (Å²) in [5, 5.41) is 8.21. The van der Waals surface area contributed by atoms with E-state index in [4.69, 9.17) is 10.7 Å². The van der Waals surface area contributed by atoms with E-state index in [1.54, 1.807) is 6.33 Å². The van der Waals surface area contributed by atoms with Crippen molar-refractivity contribution in [3.63, 3.8) is 0 Å². The Morgan fingerprint density at radius 1 is 1.26 bits per heavy atom. The quantitative estimate of drug-likeness (QED) is 0.408. The minimum Gasteiger partial charge on any atom is -0.370 e. The second-order valence-corrected chi connectivity index (χ2v) is 7.64. The van der Waals surface area contributed by atoms with Crippen LogP contribution in [0.25, 0.3) is 5.65 Å². The minimum atomic E-state index is 0. The van der Waals surface area contributed by atoms with Crippen LogP contribution in [0.15, 0.2) is 23.7 Å². The van der Waals surface area contributed by atoms with Crippen LogP contribution in [0.1, 0.15) is 32.6 Å². The van der Waals surface area contributed by atoms with Gasteiger partial charge in [-0.2, -0.15) is 0 Å². The molecule has 0 radical (unpaired) electrons. The zero-order chi connectivity index (χ0) is 17.9.